The first-order chi connectivity index (χ1) is 16.3. The summed E-state index contributed by atoms with van der Waals surface area (Å²) in [5.41, 5.74) is 2.24. The van der Waals surface area contributed by atoms with Crippen LogP contribution in [-0.4, -0.2) is 49.0 Å². The van der Waals surface area contributed by atoms with Crippen LogP contribution in [-0.2, 0) is 17.8 Å². The quantitative estimate of drug-likeness (QED) is 0.350. The first kappa shape index (κ1) is 24.5. The molecule has 0 saturated carbocycles. The average Bonchev–Trinajstić information content (AvgIpc) is 2.96. The highest BCUT2D eigenvalue weighted by atomic mass is 32.2. The minimum Gasteiger partial charge on any atom is -0.341 e. The van der Waals surface area contributed by atoms with Crippen LogP contribution < -0.4 is 5.56 Å². The number of amides is 1. The van der Waals surface area contributed by atoms with Crippen LogP contribution in [0.1, 0.15) is 52.7 Å². The number of fused-ring (bicyclic) bond motifs is 3. The summed E-state index contributed by atoms with van der Waals surface area (Å²) in [5, 5.41) is 5.38. The van der Waals surface area contributed by atoms with Crippen molar-refractivity contribution in [1.82, 2.24) is 24.2 Å². The van der Waals surface area contributed by atoms with Gasteiger partial charge in [0.2, 0.25) is 5.91 Å². The fourth-order valence-corrected chi connectivity index (χ4v) is 5.53. The standard InChI is InChI=1S/C26H35N5O2S/c1-18(2)15-29(16-19(3)4)22(32)17-34-26-27-24-23(21-13-9-6-10-14-30(21)26)25(33)31(28-24)20-11-7-5-8-12-20/h5,7-8,11-12,18-19H,6,9-10,13-17H2,1-4H3. The summed E-state index contributed by atoms with van der Waals surface area (Å²) < 4.78 is 3.62. The Morgan fingerprint density at radius 2 is 1.76 bits per heavy atom. The molecule has 3 aliphatic rings. The second-order valence-corrected chi connectivity index (χ2v) is 10.9. The molecule has 0 radical (unpaired) electrons. The van der Waals surface area contributed by atoms with Crippen LogP contribution in [0.4, 0.5) is 0 Å². The summed E-state index contributed by atoms with van der Waals surface area (Å²) >= 11 is 1.47. The second-order valence-electron chi connectivity index (χ2n) is 9.93. The molecular formula is C26H35N5O2S. The number of rotatable bonds is 8. The van der Waals surface area contributed by atoms with Gasteiger partial charge < -0.3 is 9.47 Å². The zero-order valence-corrected chi connectivity index (χ0v) is 21.5. The van der Waals surface area contributed by atoms with E-state index in [4.69, 9.17) is 4.98 Å². The highest BCUT2D eigenvalue weighted by molar-refractivity contribution is 7.99. The van der Waals surface area contributed by atoms with Crippen molar-refractivity contribution in [3.63, 3.8) is 0 Å². The van der Waals surface area contributed by atoms with E-state index in [0.717, 1.165) is 61.9 Å². The van der Waals surface area contributed by atoms with Gasteiger partial charge in [-0.3, -0.25) is 9.59 Å². The van der Waals surface area contributed by atoms with Crippen molar-refractivity contribution in [2.45, 2.75) is 65.1 Å². The highest BCUT2D eigenvalue weighted by Gasteiger charge is 2.27. The zero-order chi connectivity index (χ0) is 24.2. The Balaban J connectivity index is 1.69. The number of carbonyl (C=O) groups is 1. The Morgan fingerprint density at radius 1 is 1.06 bits per heavy atom. The third-order valence-corrected chi connectivity index (χ3v) is 6.98. The van der Waals surface area contributed by atoms with E-state index >= 15 is 0 Å². The van der Waals surface area contributed by atoms with Gasteiger partial charge in [-0.05, 0) is 43.2 Å². The topological polar surface area (TPSA) is 73.0 Å². The molecule has 3 heterocycles. The Hall–Kier alpha value is -2.61. The van der Waals surface area contributed by atoms with Crippen LogP contribution in [0.25, 0.3) is 17.1 Å². The van der Waals surface area contributed by atoms with E-state index in [0.29, 0.717) is 29.0 Å². The van der Waals surface area contributed by atoms with Crippen molar-refractivity contribution in [1.29, 1.82) is 0 Å². The van der Waals surface area contributed by atoms with Crippen LogP contribution >= 0.6 is 11.8 Å². The van der Waals surface area contributed by atoms with Crippen LogP contribution in [0.3, 0.4) is 0 Å². The van der Waals surface area contributed by atoms with Crippen LogP contribution in [0.5, 0.6) is 0 Å². The van der Waals surface area contributed by atoms with Gasteiger partial charge in [-0.1, -0.05) is 64.1 Å². The second kappa shape index (κ2) is 10.8. The normalized spacial score (nSPS) is 13.9. The van der Waals surface area contributed by atoms with Crippen molar-refractivity contribution in [2.24, 2.45) is 11.8 Å². The number of hydrogen-bond acceptors (Lipinski definition) is 5. The highest BCUT2D eigenvalue weighted by Crippen LogP contribution is 2.30. The lowest BCUT2D eigenvalue weighted by molar-refractivity contribution is -0.129. The molecule has 0 aromatic heterocycles. The van der Waals surface area contributed by atoms with Crippen molar-refractivity contribution >= 4 is 17.7 Å². The lowest BCUT2D eigenvalue weighted by Gasteiger charge is -2.26. The SMILES string of the molecule is CC(C)CN(CC(C)C)C(=O)CSc1nc2nn(-c3ccccc3)c(=O)c-2c2n1CCCCC2. The number of nitrogens with zero attached hydrogens (tertiary/aromatic N) is 5. The van der Waals surface area contributed by atoms with Crippen LogP contribution in [0, 0.1) is 11.8 Å². The van der Waals surface area contributed by atoms with Gasteiger partial charge in [0.05, 0.1) is 11.4 Å². The lowest BCUT2D eigenvalue weighted by atomic mass is 10.1. The molecule has 1 amide bonds. The van der Waals surface area contributed by atoms with Gasteiger partial charge in [-0.2, -0.15) is 4.68 Å². The maximum atomic E-state index is 13.4. The van der Waals surface area contributed by atoms with Gasteiger partial charge in [0.25, 0.3) is 5.56 Å². The van der Waals surface area contributed by atoms with E-state index in [1.165, 1.54) is 16.4 Å². The summed E-state index contributed by atoms with van der Waals surface area (Å²) in [7, 11) is 0. The molecule has 1 aromatic rings. The number of carbonyl (C=O) groups excluding carboxylic acids is 1. The molecule has 0 aliphatic carbocycles. The number of para-hydroxylation sites is 1. The van der Waals surface area contributed by atoms with Gasteiger partial charge >= 0.3 is 0 Å². The van der Waals surface area contributed by atoms with Crippen molar-refractivity contribution in [2.75, 3.05) is 18.8 Å². The summed E-state index contributed by atoms with van der Waals surface area (Å²) in [6, 6.07) is 9.48. The van der Waals surface area contributed by atoms with Crippen molar-refractivity contribution < 1.29 is 4.79 Å². The minimum absolute atomic E-state index is 0.119. The number of hydrogen-bond donors (Lipinski definition) is 0. The number of thioether (sulfide) groups is 1. The average molecular weight is 482 g/mol. The molecule has 7 nitrogen and oxygen atoms in total. The summed E-state index contributed by atoms with van der Waals surface area (Å²) in [4.78, 5) is 33.3. The molecule has 0 spiro atoms. The predicted molar refractivity (Wildman–Crippen MR) is 137 cm³/mol. The molecule has 182 valence electrons. The van der Waals surface area contributed by atoms with E-state index in [9.17, 15) is 9.59 Å². The van der Waals surface area contributed by atoms with Gasteiger partial charge in [0.1, 0.15) is 5.56 Å². The van der Waals surface area contributed by atoms with Gasteiger partial charge in [-0.25, -0.2) is 4.98 Å². The Labute approximate surface area is 205 Å². The fourth-order valence-electron chi connectivity index (χ4n) is 4.59. The lowest BCUT2D eigenvalue weighted by Crippen LogP contribution is -2.38. The van der Waals surface area contributed by atoms with Gasteiger partial charge in [-0.15, -0.1) is 5.10 Å². The molecule has 0 N–H and O–H groups in total. The van der Waals surface area contributed by atoms with Crippen LogP contribution in [0.15, 0.2) is 40.3 Å². The molecule has 4 rings (SSSR count). The summed E-state index contributed by atoms with van der Waals surface area (Å²) in [5.74, 6) is 1.78. The molecule has 34 heavy (non-hydrogen) atoms. The summed E-state index contributed by atoms with van der Waals surface area (Å²) in [6.07, 6.45) is 4.02. The zero-order valence-electron chi connectivity index (χ0n) is 20.7. The predicted octanol–water partition coefficient (Wildman–Crippen LogP) is 4.49. The molecule has 3 aliphatic heterocycles. The first-order valence-corrected chi connectivity index (χ1v) is 13.3. The molecule has 0 unspecified atom stereocenters. The van der Waals surface area contributed by atoms with Gasteiger partial charge in [0, 0.05) is 25.3 Å². The van der Waals surface area contributed by atoms with E-state index in [1.54, 1.807) is 0 Å². The Bertz CT molecular complexity index is 1140. The monoisotopic (exact) mass is 481 g/mol. The van der Waals surface area contributed by atoms with E-state index in [2.05, 4.69) is 37.4 Å². The third kappa shape index (κ3) is 5.37. The number of aromatic nitrogens is 4. The number of benzene rings is 1. The molecule has 8 heteroatoms. The first-order valence-electron chi connectivity index (χ1n) is 12.3. The van der Waals surface area contributed by atoms with Crippen molar-refractivity contribution in [3.05, 3.63) is 46.4 Å². The van der Waals surface area contributed by atoms with Crippen LogP contribution in [0.2, 0.25) is 0 Å². The Kier molecular flexibility index (Phi) is 7.76. The molecular weight excluding hydrogens is 446 g/mol. The fraction of sp³-hybridized carbons (Fsp3) is 0.538. The smallest absolute Gasteiger partial charge is 0.284 e. The largest absolute Gasteiger partial charge is 0.341 e. The van der Waals surface area contributed by atoms with E-state index in [-0.39, 0.29) is 11.5 Å². The molecule has 0 atom stereocenters. The third-order valence-electron chi connectivity index (χ3n) is 6.02. The Morgan fingerprint density at radius 3 is 2.44 bits per heavy atom. The maximum absolute atomic E-state index is 13.4. The summed E-state index contributed by atoms with van der Waals surface area (Å²) in [6.45, 7) is 10.9. The molecule has 1 aromatic carbocycles. The van der Waals surface area contributed by atoms with E-state index < -0.39 is 0 Å². The maximum Gasteiger partial charge on any atom is 0.284 e. The van der Waals surface area contributed by atoms with E-state index in [1.807, 2.05) is 35.2 Å². The molecule has 0 fully saturated rings. The molecule has 0 saturated heterocycles. The van der Waals surface area contributed by atoms with Crippen molar-refractivity contribution in [3.8, 4) is 17.1 Å². The minimum atomic E-state index is -0.119. The molecule has 0 bridgehead atoms. The van der Waals surface area contributed by atoms with Gasteiger partial charge in [0.15, 0.2) is 11.0 Å².